The van der Waals surface area contributed by atoms with Gasteiger partial charge >= 0.3 is 0 Å². The number of hydrogen-bond donors (Lipinski definition) is 1. The summed E-state index contributed by atoms with van der Waals surface area (Å²) in [4.78, 5) is 9.41. The lowest BCUT2D eigenvalue weighted by Crippen LogP contribution is -2.28. The van der Waals surface area contributed by atoms with E-state index in [1.807, 2.05) is 42.6 Å². The normalized spacial score (nSPS) is 16.2. The molecule has 0 spiro atoms. The number of halogens is 1. The molecule has 5 heteroatoms. The van der Waals surface area contributed by atoms with Crippen molar-refractivity contribution in [3.63, 3.8) is 0 Å². The molecule has 2 aromatic heterocycles. The number of aromatic nitrogens is 3. The third-order valence-corrected chi connectivity index (χ3v) is 4.56. The van der Waals surface area contributed by atoms with Gasteiger partial charge in [-0.15, -0.1) is 0 Å². The van der Waals surface area contributed by atoms with Gasteiger partial charge in [-0.3, -0.25) is 4.57 Å². The Morgan fingerprint density at radius 2 is 1.91 bits per heavy atom. The van der Waals surface area contributed by atoms with Gasteiger partial charge in [0.15, 0.2) is 5.65 Å². The van der Waals surface area contributed by atoms with Crippen LogP contribution in [0.15, 0.2) is 42.6 Å². The number of pyridine rings is 1. The highest BCUT2D eigenvalue weighted by Gasteiger charge is 2.24. The summed E-state index contributed by atoms with van der Waals surface area (Å²) in [6.07, 6.45) is 3.99. The van der Waals surface area contributed by atoms with Crippen molar-refractivity contribution in [2.24, 2.45) is 0 Å². The average Bonchev–Trinajstić information content (AvgIpc) is 2.95. The van der Waals surface area contributed by atoms with Gasteiger partial charge in [-0.25, -0.2) is 9.97 Å². The minimum Gasteiger partial charge on any atom is -0.317 e. The van der Waals surface area contributed by atoms with Gasteiger partial charge in [0.05, 0.1) is 10.7 Å². The van der Waals surface area contributed by atoms with Crippen LogP contribution in [0, 0.1) is 0 Å². The first-order chi connectivity index (χ1) is 10.8. The topological polar surface area (TPSA) is 42.7 Å². The predicted molar refractivity (Wildman–Crippen MR) is 88.7 cm³/mol. The van der Waals surface area contributed by atoms with Crippen molar-refractivity contribution in [2.45, 2.75) is 18.8 Å². The maximum Gasteiger partial charge on any atom is 0.164 e. The molecular weight excluding hydrogens is 296 g/mol. The first-order valence-electron chi connectivity index (χ1n) is 7.63. The fraction of sp³-hybridized carbons (Fsp3) is 0.294. The molecule has 0 radical (unpaired) electrons. The van der Waals surface area contributed by atoms with Crippen molar-refractivity contribution in [3.05, 3.63) is 53.4 Å². The summed E-state index contributed by atoms with van der Waals surface area (Å²) in [5, 5.41) is 4.13. The summed E-state index contributed by atoms with van der Waals surface area (Å²) < 4.78 is 2.13. The maximum atomic E-state index is 6.44. The molecule has 0 saturated carbocycles. The van der Waals surface area contributed by atoms with E-state index in [4.69, 9.17) is 16.6 Å². The third-order valence-electron chi connectivity index (χ3n) is 4.24. The second-order valence-corrected chi connectivity index (χ2v) is 6.03. The summed E-state index contributed by atoms with van der Waals surface area (Å²) in [5.74, 6) is 1.51. The van der Waals surface area contributed by atoms with E-state index in [2.05, 4.69) is 14.9 Å². The Balaban J connectivity index is 1.96. The molecule has 1 saturated heterocycles. The van der Waals surface area contributed by atoms with Crippen molar-refractivity contribution in [1.82, 2.24) is 19.9 Å². The molecule has 1 aliphatic rings. The molecule has 3 heterocycles. The lowest BCUT2D eigenvalue weighted by atomic mass is 9.97. The van der Waals surface area contributed by atoms with E-state index >= 15 is 0 Å². The Morgan fingerprint density at radius 1 is 1.09 bits per heavy atom. The van der Waals surface area contributed by atoms with E-state index in [1.54, 1.807) is 0 Å². The molecule has 22 heavy (non-hydrogen) atoms. The van der Waals surface area contributed by atoms with E-state index in [0.717, 1.165) is 53.6 Å². The molecule has 0 atom stereocenters. The molecule has 3 aromatic rings. The smallest absolute Gasteiger partial charge is 0.164 e. The molecule has 0 aliphatic carbocycles. The molecule has 0 amide bonds. The molecule has 1 aliphatic heterocycles. The Kier molecular flexibility index (Phi) is 3.56. The lowest BCUT2D eigenvalue weighted by Gasteiger charge is -2.23. The molecule has 1 N–H and O–H groups in total. The fourth-order valence-electron chi connectivity index (χ4n) is 3.15. The van der Waals surface area contributed by atoms with Crippen molar-refractivity contribution in [1.29, 1.82) is 0 Å². The number of hydrogen-bond acceptors (Lipinski definition) is 3. The maximum absolute atomic E-state index is 6.44. The summed E-state index contributed by atoms with van der Waals surface area (Å²) in [7, 11) is 0. The monoisotopic (exact) mass is 312 g/mol. The van der Waals surface area contributed by atoms with E-state index in [0.29, 0.717) is 5.92 Å². The number of para-hydroxylation sites is 1. The zero-order valence-electron chi connectivity index (χ0n) is 12.2. The van der Waals surface area contributed by atoms with Crippen LogP contribution in [0.1, 0.15) is 24.6 Å². The first kappa shape index (κ1) is 13.7. The Morgan fingerprint density at radius 3 is 2.73 bits per heavy atom. The molecule has 0 unspecified atom stereocenters. The highest BCUT2D eigenvalue weighted by molar-refractivity contribution is 6.32. The quantitative estimate of drug-likeness (QED) is 0.787. The molecule has 0 bridgehead atoms. The number of fused-ring (bicyclic) bond motifs is 1. The van der Waals surface area contributed by atoms with E-state index in [1.165, 1.54) is 0 Å². The summed E-state index contributed by atoms with van der Waals surface area (Å²) in [6.45, 7) is 2.06. The third kappa shape index (κ3) is 2.28. The predicted octanol–water partition coefficient (Wildman–Crippen LogP) is 3.54. The van der Waals surface area contributed by atoms with Crippen LogP contribution < -0.4 is 5.32 Å². The Bertz CT molecular complexity index is 805. The van der Waals surface area contributed by atoms with E-state index < -0.39 is 0 Å². The molecule has 1 fully saturated rings. The van der Waals surface area contributed by atoms with E-state index in [9.17, 15) is 0 Å². The van der Waals surface area contributed by atoms with Gasteiger partial charge in [0.1, 0.15) is 11.3 Å². The highest BCUT2D eigenvalue weighted by atomic mass is 35.5. The van der Waals surface area contributed by atoms with Crippen LogP contribution in [-0.4, -0.2) is 27.6 Å². The van der Waals surface area contributed by atoms with Crippen molar-refractivity contribution >= 4 is 22.8 Å². The zero-order chi connectivity index (χ0) is 14.9. The van der Waals surface area contributed by atoms with Crippen LogP contribution in [0.4, 0.5) is 0 Å². The number of rotatable bonds is 2. The highest BCUT2D eigenvalue weighted by Crippen LogP contribution is 2.32. The second kappa shape index (κ2) is 5.71. The van der Waals surface area contributed by atoms with Gasteiger partial charge in [0.2, 0.25) is 0 Å². The zero-order valence-corrected chi connectivity index (χ0v) is 12.9. The number of benzene rings is 1. The summed E-state index contributed by atoms with van der Waals surface area (Å²) >= 11 is 6.44. The van der Waals surface area contributed by atoms with Gasteiger partial charge in [0.25, 0.3) is 0 Å². The molecule has 4 nitrogen and oxygen atoms in total. The van der Waals surface area contributed by atoms with Crippen molar-refractivity contribution in [3.8, 4) is 5.69 Å². The Hall–Kier alpha value is -1.91. The van der Waals surface area contributed by atoms with Gasteiger partial charge in [-0.2, -0.15) is 0 Å². The van der Waals surface area contributed by atoms with Crippen LogP contribution in [0.3, 0.4) is 0 Å². The minimum absolute atomic E-state index is 0.437. The fourth-order valence-corrected chi connectivity index (χ4v) is 3.37. The Labute approximate surface area is 134 Å². The van der Waals surface area contributed by atoms with Crippen LogP contribution in [-0.2, 0) is 0 Å². The molecule has 4 rings (SSSR count). The molecule has 1 aromatic carbocycles. The number of nitrogens with one attached hydrogen (secondary N) is 1. The second-order valence-electron chi connectivity index (χ2n) is 5.63. The molecule has 112 valence electrons. The SMILES string of the molecule is Clc1ccccc1-n1c(C2CCNCC2)nc2cccnc21. The minimum atomic E-state index is 0.437. The van der Waals surface area contributed by atoms with Crippen LogP contribution in [0.2, 0.25) is 5.02 Å². The number of imidazole rings is 1. The standard InChI is InChI=1S/C17H17ClN4/c18-13-4-1-2-6-15(13)22-16(12-7-10-19-11-8-12)21-14-5-3-9-20-17(14)22/h1-6,9,12,19H,7-8,10-11H2. The van der Waals surface area contributed by atoms with Crippen LogP contribution in [0.25, 0.3) is 16.9 Å². The van der Waals surface area contributed by atoms with E-state index in [-0.39, 0.29) is 0 Å². The first-order valence-corrected chi connectivity index (χ1v) is 8.01. The van der Waals surface area contributed by atoms with Crippen molar-refractivity contribution in [2.75, 3.05) is 13.1 Å². The number of piperidine rings is 1. The summed E-state index contributed by atoms with van der Waals surface area (Å²) in [5.41, 5.74) is 2.76. The van der Waals surface area contributed by atoms with Crippen LogP contribution >= 0.6 is 11.6 Å². The van der Waals surface area contributed by atoms with Gasteiger partial charge in [-0.05, 0) is 50.2 Å². The average molecular weight is 313 g/mol. The van der Waals surface area contributed by atoms with Gasteiger partial charge in [0, 0.05) is 12.1 Å². The van der Waals surface area contributed by atoms with Gasteiger partial charge in [-0.1, -0.05) is 23.7 Å². The largest absolute Gasteiger partial charge is 0.317 e. The van der Waals surface area contributed by atoms with Crippen LogP contribution in [0.5, 0.6) is 0 Å². The molecular formula is C17H17ClN4. The van der Waals surface area contributed by atoms with Crippen molar-refractivity contribution < 1.29 is 0 Å². The number of nitrogens with zero attached hydrogens (tertiary/aromatic N) is 3. The van der Waals surface area contributed by atoms with Gasteiger partial charge < -0.3 is 5.32 Å². The lowest BCUT2D eigenvalue weighted by molar-refractivity contribution is 0.442. The summed E-state index contributed by atoms with van der Waals surface area (Å²) in [6, 6.07) is 11.8.